The van der Waals surface area contributed by atoms with E-state index in [9.17, 15) is 41.9 Å². The van der Waals surface area contributed by atoms with Gasteiger partial charge in [0.05, 0.1) is 53.9 Å². The first-order valence-corrected chi connectivity index (χ1v) is 29.4. The topological polar surface area (TPSA) is 238 Å². The highest BCUT2D eigenvalue weighted by molar-refractivity contribution is 5.94. The first kappa shape index (κ1) is 61.1. The zero-order chi connectivity index (χ0) is 57.8. The summed E-state index contributed by atoms with van der Waals surface area (Å²) < 4.78 is 54.1. The van der Waals surface area contributed by atoms with Crippen molar-refractivity contribution in [2.75, 3.05) is 45.2 Å². The number of amides is 6. The van der Waals surface area contributed by atoms with Crippen molar-refractivity contribution in [3.63, 3.8) is 0 Å². The predicted molar refractivity (Wildman–Crippen MR) is 298 cm³/mol. The molecule has 22 heteroatoms. The number of aromatic nitrogens is 3. The minimum Gasteiger partial charge on any atom is -0.378 e. The van der Waals surface area contributed by atoms with Gasteiger partial charge in [0.1, 0.15) is 17.7 Å². The van der Waals surface area contributed by atoms with Crippen LogP contribution in [-0.4, -0.2) is 148 Å². The van der Waals surface area contributed by atoms with E-state index < -0.39 is 23.7 Å². The van der Waals surface area contributed by atoms with Crippen molar-refractivity contribution in [3.8, 4) is 0 Å². The van der Waals surface area contributed by atoms with Gasteiger partial charge in [0.25, 0.3) is 0 Å². The lowest BCUT2D eigenvalue weighted by Crippen LogP contribution is -2.59. The van der Waals surface area contributed by atoms with Crippen LogP contribution in [0.1, 0.15) is 160 Å². The molecule has 0 spiro atoms. The van der Waals surface area contributed by atoms with Crippen molar-refractivity contribution in [1.82, 2.24) is 51.3 Å². The quantitative estimate of drug-likeness (QED) is 0.0561. The lowest BCUT2D eigenvalue weighted by molar-refractivity contribution is -0.137. The highest BCUT2D eigenvalue weighted by Crippen LogP contribution is 2.38. The molecule has 3 aromatic rings. The van der Waals surface area contributed by atoms with E-state index in [-0.39, 0.29) is 107 Å². The van der Waals surface area contributed by atoms with E-state index in [1.165, 1.54) is 13.0 Å². The van der Waals surface area contributed by atoms with E-state index in [1.54, 1.807) is 35.3 Å². The fraction of sp³-hybridized carbons (Fsp3) is 0.678. The summed E-state index contributed by atoms with van der Waals surface area (Å²) in [4.78, 5) is 94.9. The molecule has 3 saturated carbocycles. The molecule has 2 aromatic heterocycles. The summed E-state index contributed by atoms with van der Waals surface area (Å²) in [5, 5.41) is 19.2. The predicted octanol–water partition coefficient (Wildman–Crippen LogP) is 6.44. The maximum absolute atomic E-state index is 14.1. The van der Waals surface area contributed by atoms with Gasteiger partial charge in [-0.1, -0.05) is 6.07 Å². The molecule has 0 radical (unpaired) electrons. The van der Waals surface area contributed by atoms with Crippen molar-refractivity contribution in [2.24, 2.45) is 11.8 Å². The van der Waals surface area contributed by atoms with E-state index in [0.29, 0.717) is 121 Å². The van der Waals surface area contributed by atoms with Crippen LogP contribution in [0.25, 0.3) is 10.9 Å². The average molecular weight is 1130 g/mol. The number of hydrogen-bond acceptors (Lipinski definition) is 13. The molecule has 444 valence electrons. The third kappa shape index (κ3) is 17.0. The number of hydrogen-bond donors (Lipinski definition) is 6. The number of nitrogens with zero attached hydrogens (tertiary/aromatic N) is 5. The minimum atomic E-state index is -4.60. The van der Waals surface area contributed by atoms with E-state index in [4.69, 9.17) is 14.5 Å². The van der Waals surface area contributed by atoms with E-state index in [2.05, 4.69) is 62.6 Å². The Kier molecular flexibility index (Phi) is 21.0. The Morgan fingerprint density at radius 1 is 0.790 bits per heavy atom. The van der Waals surface area contributed by atoms with Crippen LogP contribution in [0.15, 0.2) is 42.7 Å². The highest BCUT2D eigenvalue weighted by Gasteiger charge is 2.44. The molecular formula is C59H84F3N11O8. The number of ether oxygens (including phenoxy) is 2. The standard InChI is InChI=1S/C59H84F3N11O8/c1-36(74)66-48-33-41(71-58(2,3)4)18-24-49(48)73-29-25-47(57(73)79)69-54-44-32-39(59(60,61)62)15-23-46(44)68-50(70-54)11-6-7-27-64-55(77)37-13-16-40(17-14-37)67-51(75)12-9-30-80-42-19-21-43(22-20-42)81-31-28-65-56(78)45-34-52(76)72(5)53(45)38-10-8-26-63-35-38/h8,10,15,23,26,32,35,37,40-43,45,47-49,53,71H,6-7,9,11-14,16-22,24-25,27-31,33-34H2,1-5H3,(H,64,77)(H,65,78)(H,66,74)(H,67,75)(H,68,69,70)/t37-,40-,41-,42-,43-,45+,47+,48-,49+,53-/m1/s1. The maximum atomic E-state index is 14.1. The highest BCUT2D eigenvalue weighted by atomic mass is 19.4. The monoisotopic (exact) mass is 1130 g/mol. The first-order valence-electron chi connectivity index (χ1n) is 29.4. The molecule has 4 heterocycles. The van der Waals surface area contributed by atoms with Crippen LogP contribution >= 0.6 is 0 Å². The normalized spacial score (nSPS) is 26.4. The Morgan fingerprint density at radius 3 is 2.20 bits per heavy atom. The van der Waals surface area contributed by atoms with Gasteiger partial charge in [0.2, 0.25) is 35.4 Å². The van der Waals surface area contributed by atoms with Gasteiger partial charge < -0.3 is 51.2 Å². The molecule has 6 N–H and O–H groups in total. The van der Waals surface area contributed by atoms with Gasteiger partial charge in [-0.05, 0) is 147 Å². The number of likely N-dealkylation sites (tertiary alicyclic amines) is 2. The summed E-state index contributed by atoms with van der Waals surface area (Å²) in [5.74, 6) is -0.701. The number of pyridine rings is 1. The molecule has 6 atom stereocenters. The summed E-state index contributed by atoms with van der Waals surface area (Å²) in [6, 6.07) is 5.65. The number of unbranched alkanes of at least 4 members (excludes halogenated alkanes) is 1. The summed E-state index contributed by atoms with van der Waals surface area (Å²) in [6.07, 6.45) is 10.5. The Labute approximate surface area is 473 Å². The molecule has 0 bridgehead atoms. The van der Waals surface area contributed by atoms with E-state index in [0.717, 1.165) is 49.8 Å². The van der Waals surface area contributed by atoms with Gasteiger partial charge in [0, 0.05) is 101 Å². The summed E-state index contributed by atoms with van der Waals surface area (Å²) in [6.45, 7) is 9.84. The molecular weight excluding hydrogens is 1050 g/mol. The average Bonchev–Trinajstić information content (AvgIpc) is 4.09. The number of alkyl halides is 3. The number of anilines is 1. The van der Waals surface area contributed by atoms with Crippen LogP contribution in [0.4, 0.5) is 19.0 Å². The summed E-state index contributed by atoms with van der Waals surface area (Å²) in [5.41, 5.74) is 0.193. The number of benzene rings is 1. The number of nitrogens with one attached hydrogen (secondary N) is 6. The maximum Gasteiger partial charge on any atom is 0.416 e. The van der Waals surface area contributed by atoms with E-state index in [1.807, 2.05) is 6.07 Å². The number of carbonyl (C=O) groups excluding carboxylic acids is 6. The number of halogens is 3. The molecule has 81 heavy (non-hydrogen) atoms. The molecule has 2 aliphatic heterocycles. The minimum absolute atomic E-state index is 0.0130. The van der Waals surface area contributed by atoms with Crippen molar-refractivity contribution in [2.45, 2.75) is 203 Å². The van der Waals surface area contributed by atoms with Gasteiger partial charge in [0.15, 0.2) is 0 Å². The second kappa shape index (κ2) is 27.8. The summed E-state index contributed by atoms with van der Waals surface area (Å²) in [7, 11) is 1.72. The van der Waals surface area contributed by atoms with Crippen molar-refractivity contribution in [3.05, 3.63) is 59.7 Å². The van der Waals surface area contributed by atoms with Crippen LogP contribution < -0.4 is 31.9 Å². The van der Waals surface area contributed by atoms with Gasteiger partial charge in [-0.25, -0.2) is 9.97 Å². The zero-order valence-corrected chi connectivity index (χ0v) is 47.7. The van der Waals surface area contributed by atoms with Crippen LogP contribution in [0.3, 0.4) is 0 Å². The van der Waals surface area contributed by atoms with Gasteiger partial charge in [-0.2, -0.15) is 13.2 Å². The second-order valence-electron chi connectivity index (χ2n) is 24.0. The molecule has 1 aromatic carbocycles. The Hall–Kier alpha value is -6.00. The number of fused-ring (bicyclic) bond motifs is 1. The molecule has 19 nitrogen and oxygen atoms in total. The molecule has 8 rings (SSSR count). The first-order chi connectivity index (χ1) is 38.7. The van der Waals surface area contributed by atoms with Crippen molar-refractivity contribution < 1.29 is 51.4 Å². The lowest BCUT2D eigenvalue weighted by Gasteiger charge is -2.43. The largest absolute Gasteiger partial charge is 0.416 e. The van der Waals surface area contributed by atoms with Crippen LogP contribution in [0.2, 0.25) is 0 Å². The third-order valence-corrected chi connectivity index (χ3v) is 16.7. The van der Waals surface area contributed by atoms with Gasteiger partial charge in [-0.3, -0.25) is 33.8 Å². The van der Waals surface area contributed by atoms with Crippen LogP contribution in [-0.2, 0) is 50.8 Å². The van der Waals surface area contributed by atoms with Gasteiger partial charge >= 0.3 is 6.18 Å². The molecule has 5 fully saturated rings. The third-order valence-electron chi connectivity index (χ3n) is 16.7. The van der Waals surface area contributed by atoms with Crippen LogP contribution in [0.5, 0.6) is 0 Å². The molecule has 6 amide bonds. The fourth-order valence-corrected chi connectivity index (χ4v) is 12.6. The molecule has 5 aliphatic rings. The smallest absolute Gasteiger partial charge is 0.378 e. The number of rotatable bonds is 23. The van der Waals surface area contributed by atoms with Crippen molar-refractivity contribution in [1.29, 1.82) is 0 Å². The molecule has 2 saturated heterocycles. The zero-order valence-electron chi connectivity index (χ0n) is 47.7. The SMILES string of the molecule is CC(=O)N[C@@H]1C[C@H](NC(C)(C)C)CC[C@@H]1N1CC[C@H](Nc2nc(CCCCNC(=O)[C@H]3CC[C@H](NC(=O)CCCO[C@H]4CC[C@H](OCCNC(=O)[C@H]5CC(=O)N(C)[C@@H]5c5cccnc5)CC4)CC3)nc3ccc(C(F)(F)F)cc23)C1=O. The van der Waals surface area contributed by atoms with E-state index >= 15 is 0 Å². The molecule has 0 unspecified atom stereocenters. The van der Waals surface area contributed by atoms with Gasteiger partial charge in [-0.15, -0.1) is 0 Å². The number of carbonyl (C=O) groups is 6. The van der Waals surface area contributed by atoms with Crippen LogP contribution in [0, 0.1) is 11.8 Å². The summed E-state index contributed by atoms with van der Waals surface area (Å²) >= 11 is 0. The Balaban J connectivity index is 0.696. The second-order valence-corrected chi connectivity index (χ2v) is 24.0. The molecule has 3 aliphatic carbocycles. The fourth-order valence-electron chi connectivity index (χ4n) is 12.6. The number of aryl methyl sites for hydroxylation is 1. The Bertz CT molecular complexity index is 2640. The lowest BCUT2D eigenvalue weighted by atomic mass is 9.84. The van der Waals surface area contributed by atoms with Crippen molar-refractivity contribution >= 4 is 52.2 Å². The Morgan fingerprint density at radius 2 is 1.51 bits per heavy atom.